The first-order valence-corrected chi connectivity index (χ1v) is 7.19. The highest BCUT2D eigenvalue weighted by atomic mass is 19.1. The molecular formula is C16H20F2O3. The van der Waals surface area contributed by atoms with Crippen LogP contribution in [0.3, 0.4) is 0 Å². The van der Waals surface area contributed by atoms with E-state index < -0.39 is 11.6 Å². The number of ether oxygens (including phenoxy) is 2. The molecule has 1 heterocycles. The summed E-state index contributed by atoms with van der Waals surface area (Å²) in [5, 5.41) is 0. The third kappa shape index (κ3) is 4.49. The minimum absolute atomic E-state index is 0.0349. The van der Waals surface area contributed by atoms with Crippen LogP contribution in [0.5, 0.6) is 0 Å². The normalized spacial score (nSPS) is 21.9. The lowest BCUT2D eigenvalue weighted by Gasteiger charge is -2.10. The summed E-state index contributed by atoms with van der Waals surface area (Å²) in [6.07, 6.45) is 1.20. The molecule has 2 atom stereocenters. The van der Waals surface area contributed by atoms with Gasteiger partial charge in [-0.05, 0) is 30.0 Å². The van der Waals surface area contributed by atoms with Crippen molar-refractivity contribution in [2.24, 2.45) is 11.8 Å². The van der Waals surface area contributed by atoms with Crippen LogP contribution >= 0.6 is 0 Å². The molecule has 0 saturated carbocycles. The summed E-state index contributed by atoms with van der Waals surface area (Å²) in [6, 6.07) is 3.31. The van der Waals surface area contributed by atoms with Crippen molar-refractivity contribution in [3.63, 3.8) is 0 Å². The summed E-state index contributed by atoms with van der Waals surface area (Å²) in [5.74, 6) is -1.12. The molecule has 0 radical (unpaired) electrons. The van der Waals surface area contributed by atoms with Gasteiger partial charge in [0.05, 0.1) is 19.1 Å². The molecule has 1 aromatic rings. The Balaban J connectivity index is 1.72. The Morgan fingerprint density at radius 2 is 1.95 bits per heavy atom. The molecule has 0 bridgehead atoms. The summed E-state index contributed by atoms with van der Waals surface area (Å²) in [7, 11) is 0. The van der Waals surface area contributed by atoms with E-state index in [1.54, 1.807) is 0 Å². The maximum atomic E-state index is 13.0. The quantitative estimate of drug-likeness (QED) is 0.596. The van der Waals surface area contributed by atoms with Gasteiger partial charge in [0.1, 0.15) is 17.7 Å². The molecule has 0 amide bonds. The van der Waals surface area contributed by atoms with E-state index in [1.807, 2.05) is 13.8 Å². The van der Waals surface area contributed by atoms with Gasteiger partial charge in [-0.2, -0.15) is 0 Å². The molecule has 1 fully saturated rings. The van der Waals surface area contributed by atoms with E-state index in [0.717, 1.165) is 6.07 Å². The first-order chi connectivity index (χ1) is 9.95. The molecule has 1 unspecified atom stereocenters. The van der Waals surface area contributed by atoms with E-state index in [2.05, 4.69) is 0 Å². The first kappa shape index (κ1) is 15.9. The molecule has 0 aliphatic carbocycles. The van der Waals surface area contributed by atoms with E-state index in [-0.39, 0.29) is 30.5 Å². The summed E-state index contributed by atoms with van der Waals surface area (Å²) >= 11 is 0. The number of hydrogen-bond acceptors (Lipinski definition) is 3. The molecule has 1 aliphatic heterocycles. The molecule has 116 valence electrons. The van der Waals surface area contributed by atoms with Crippen LogP contribution in [0, 0.1) is 23.5 Å². The number of esters is 1. The topological polar surface area (TPSA) is 35.5 Å². The third-order valence-electron chi connectivity index (χ3n) is 3.68. The van der Waals surface area contributed by atoms with Crippen LogP contribution < -0.4 is 0 Å². The molecule has 2 rings (SSSR count). The molecule has 1 saturated heterocycles. The minimum Gasteiger partial charge on any atom is -0.462 e. The van der Waals surface area contributed by atoms with E-state index in [4.69, 9.17) is 9.47 Å². The van der Waals surface area contributed by atoms with Crippen molar-refractivity contribution < 1.29 is 23.0 Å². The Morgan fingerprint density at radius 3 is 2.52 bits per heavy atom. The van der Waals surface area contributed by atoms with Crippen LogP contribution in [0.2, 0.25) is 0 Å². The van der Waals surface area contributed by atoms with Gasteiger partial charge in [0, 0.05) is 12.5 Å². The number of rotatable bonds is 6. The second-order valence-corrected chi connectivity index (χ2v) is 5.76. The van der Waals surface area contributed by atoms with Crippen molar-refractivity contribution >= 4 is 5.97 Å². The zero-order valence-electron chi connectivity index (χ0n) is 12.3. The predicted molar refractivity (Wildman–Crippen MR) is 73.5 cm³/mol. The third-order valence-corrected chi connectivity index (χ3v) is 3.68. The molecule has 5 heteroatoms. The Kier molecular flexibility index (Phi) is 5.28. The lowest BCUT2D eigenvalue weighted by atomic mass is 9.92. The summed E-state index contributed by atoms with van der Waals surface area (Å²) in [4.78, 5) is 11.6. The zero-order valence-corrected chi connectivity index (χ0v) is 12.3. The van der Waals surface area contributed by atoms with Gasteiger partial charge in [0.15, 0.2) is 0 Å². The van der Waals surface area contributed by atoms with E-state index in [1.165, 1.54) is 12.1 Å². The Bertz CT molecular complexity index is 482. The number of halogens is 2. The van der Waals surface area contributed by atoms with Gasteiger partial charge in [0.2, 0.25) is 0 Å². The highest BCUT2D eigenvalue weighted by Gasteiger charge is 2.35. The molecule has 0 aromatic heterocycles. The second-order valence-electron chi connectivity index (χ2n) is 5.76. The van der Waals surface area contributed by atoms with Gasteiger partial charge in [-0.3, -0.25) is 4.79 Å². The number of carbonyl (C=O) groups excluding carboxylic acids is 1. The summed E-state index contributed by atoms with van der Waals surface area (Å²) in [5.41, 5.74) is 0.455. The molecule has 0 spiro atoms. The maximum Gasteiger partial charge on any atom is 0.309 e. The number of cyclic esters (lactones) is 1. The SMILES string of the molecule is CC(C)[C@@H]1CC(CCOCc2cc(F)cc(F)c2)OC1=O. The highest BCUT2D eigenvalue weighted by molar-refractivity contribution is 5.74. The van der Waals surface area contributed by atoms with E-state index >= 15 is 0 Å². The van der Waals surface area contributed by atoms with Crippen LogP contribution in [0.15, 0.2) is 18.2 Å². The van der Waals surface area contributed by atoms with Gasteiger partial charge >= 0.3 is 5.97 Å². The number of carbonyl (C=O) groups is 1. The van der Waals surface area contributed by atoms with Gasteiger partial charge in [-0.25, -0.2) is 8.78 Å². The lowest BCUT2D eigenvalue weighted by molar-refractivity contribution is -0.145. The van der Waals surface area contributed by atoms with Crippen molar-refractivity contribution in [3.8, 4) is 0 Å². The van der Waals surface area contributed by atoms with Crippen LogP contribution in [0.25, 0.3) is 0 Å². The van der Waals surface area contributed by atoms with Crippen LogP contribution in [-0.2, 0) is 20.9 Å². The fourth-order valence-corrected chi connectivity index (χ4v) is 2.50. The maximum absolute atomic E-state index is 13.0. The van der Waals surface area contributed by atoms with E-state index in [9.17, 15) is 13.6 Å². The van der Waals surface area contributed by atoms with Crippen molar-refractivity contribution in [1.82, 2.24) is 0 Å². The van der Waals surface area contributed by atoms with Gasteiger partial charge in [-0.1, -0.05) is 13.8 Å². The lowest BCUT2D eigenvalue weighted by Crippen LogP contribution is -2.13. The Hall–Kier alpha value is -1.49. The van der Waals surface area contributed by atoms with Gasteiger partial charge < -0.3 is 9.47 Å². The molecule has 21 heavy (non-hydrogen) atoms. The monoisotopic (exact) mass is 298 g/mol. The van der Waals surface area contributed by atoms with Crippen LogP contribution in [0.1, 0.15) is 32.3 Å². The Labute approximate surface area is 123 Å². The first-order valence-electron chi connectivity index (χ1n) is 7.19. The number of benzene rings is 1. The fourth-order valence-electron chi connectivity index (χ4n) is 2.50. The van der Waals surface area contributed by atoms with Crippen molar-refractivity contribution in [2.45, 2.75) is 39.4 Å². The second kappa shape index (κ2) is 6.98. The van der Waals surface area contributed by atoms with Crippen molar-refractivity contribution in [1.29, 1.82) is 0 Å². The average molecular weight is 298 g/mol. The molecule has 1 aromatic carbocycles. The molecular weight excluding hydrogens is 278 g/mol. The zero-order chi connectivity index (χ0) is 15.4. The van der Waals surface area contributed by atoms with Crippen LogP contribution in [-0.4, -0.2) is 18.7 Å². The average Bonchev–Trinajstić information content (AvgIpc) is 2.75. The van der Waals surface area contributed by atoms with Gasteiger partial charge in [-0.15, -0.1) is 0 Å². The summed E-state index contributed by atoms with van der Waals surface area (Å²) in [6.45, 7) is 4.54. The van der Waals surface area contributed by atoms with Crippen molar-refractivity contribution in [2.75, 3.05) is 6.61 Å². The van der Waals surface area contributed by atoms with Crippen LogP contribution in [0.4, 0.5) is 8.78 Å². The smallest absolute Gasteiger partial charge is 0.309 e. The summed E-state index contributed by atoms with van der Waals surface area (Å²) < 4.78 is 36.7. The number of hydrogen-bond donors (Lipinski definition) is 0. The Morgan fingerprint density at radius 1 is 1.29 bits per heavy atom. The van der Waals surface area contributed by atoms with Crippen molar-refractivity contribution in [3.05, 3.63) is 35.4 Å². The predicted octanol–water partition coefficient (Wildman–Crippen LogP) is 3.46. The van der Waals surface area contributed by atoms with E-state index in [0.29, 0.717) is 25.0 Å². The molecule has 0 N–H and O–H groups in total. The van der Waals surface area contributed by atoms with Gasteiger partial charge in [0.25, 0.3) is 0 Å². The largest absolute Gasteiger partial charge is 0.462 e. The standard InChI is InChI=1S/C16H20F2O3/c1-10(2)15-8-14(21-16(15)19)3-4-20-9-11-5-12(17)7-13(18)6-11/h5-7,10,14-15H,3-4,8-9H2,1-2H3/t14?,15-/m0/s1. The minimum atomic E-state index is -0.613. The molecule has 1 aliphatic rings. The molecule has 3 nitrogen and oxygen atoms in total. The fraction of sp³-hybridized carbons (Fsp3) is 0.562. The highest BCUT2D eigenvalue weighted by Crippen LogP contribution is 2.29.